The van der Waals surface area contributed by atoms with E-state index in [9.17, 15) is 4.79 Å². The smallest absolute Gasteiger partial charge is 0.233 e. The maximum absolute atomic E-state index is 13.5. The number of hydrogen-bond donors (Lipinski definition) is 1. The normalized spacial score (nSPS) is 27.2. The van der Waals surface area contributed by atoms with E-state index in [0.29, 0.717) is 11.6 Å². The molecule has 0 aromatic heterocycles. The van der Waals surface area contributed by atoms with Crippen molar-refractivity contribution >= 4 is 17.5 Å². The first-order chi connectivity index (χ1) is 11.0. The Hall–Kier alpha value is -1.06. The first kappa shape index (κ1) is 16.8. The predicted octanol–water partition coefficient (Wildman–Crippen LogP) is 3.74. The van der Waals surface area contributed by atoms with E-state index in [4.69, 9.17) is 17.3 Å². The zero-order valence-electron chi connectivity index (χ0n) is 14.0. The predicted molar refractivity (Wildman–Crippen MR) is 94.6 cm³/mol. The minimum atomic E-state index is -0.386. The second-order valence-corrected chi connectivity index (χ2v) is 8.08. The van der Waals surface area contributed by atoms with Gasteiger partial charge < -0.3 is 10.6 Å². The molecule has 1 atom stereocenters. The van der Waals surface area contributed by atoms with Crippen LogP contribution in [0.15, 0.2) is 24.3 Å². The highest BCUT2D eigenvalue weighted by molar-refractivity contribution is 6.30. The summed E-state index contributed by atoms with van der Waals surface area (Å²) in [5, 5.41) is 0.716. The number of amides is 1. The Bertz CT molecular complexity index is 582. The summed E-state index contributed by atoms with van der Waals surface area (Å²) >= 11 is 6.22. The van der Waals surface area contributed by atoms with Gasteiger partial charge in [-0.2, -0.15) is 0 Å². The number of rotatable bonds is 3. The van der Waals surface area contributed by atoms with Gasteiger partial charge in [-0.3, -0.25) is 4.79 Å². The largest absolute Gasteiger partial charge is 0.341 e. The summed E-state index contributed by atoms with van der Waals surface area (Å²) in [4.78, 5) is 15.5. The van der Waals surface area contributed by atoms with Gasteiger partial charge >= 0.3 is 0 Å². The Balaban J connectivity index is 1.92. The summed E-state index contributed by atoms with van der Waals surface area (Å²) in [6, 6.07) is 7.92. The lowest BCUT2D eigenvalue weighted by Gasteiger charge is -2.39. The van der Waals surface area contributed by atoms with Crippen molar-refractivity contribution < 1.29 is 4.79 Å². The molecule has 2 aliphatic rings. The van der Waals surface area contributed by atoms with Crippen LogP contribution in [0.3, 0.4) is 0 Å². The van der Waals surface area contributed by atoms with Crippen LogP contribution >= 0.6 is 11.6 Å². The zero-order chi connectivity index (χ0) is 16.5. The molecule has 2 fully saturated rings. The zero-order valence-corrected chi connectivity index (χ0v) is 14.7. The molecule has 1 saturated carbocycles. The van der Waals surface area contributed by atoms with Crippen LogP contribution in [0.4, 0.5) is 0 Å². The minimum absolute atomic E-state index is 0.0693. The second kappa shape index (κ2) is 6.45. The fourth-order valence-corrected chi connectivity index (χ4v) is 4.42. The highest BCUT2D eigenvalue weighted by atomic mass is 35.5. The number of hydrogen-bond acceptors (Lipinski definition) is 2. The number of benzene rings is 1. The Kier molecular flexibility index (Phi) is 4.70. The molecule has 3 rings (SSSR count). The van der Waals surface area contributed by atoms with Crippen molar-refractivity contribution in [1.82, 2.24) is 4.90 Å². The van der Waals surface area contributed by atoms with Gasteiger partial charge in [0.05, 0.1) is 5.41 Å². The molecule has 1 aliphatic carbocycles. The van der Waals surface area contributed by atoms with Crippen LogP contribution in [0.5, 0.6) is 0 Å². The van der Waals surface area contributed by atoms with E-state index in [1.54, 1.807) is 0 Å². The Labute approximate surface area is 144 Å². The molecule has 0 bridgehead atoms. The summed E-state index contributed by atoms with van der Waals surface area (Å²) in [5.41, 5.74) is 6.69. The molecular weight excluding hydrogens is 308 g/mol. The summed E-state index contributed by atoms with van der Waals surface area (Å²) in [7, 11) is 0. The van der Waals surface area contributed by atoms with Crippen molar-refractivity contribution in [1.29, 1.82) is 0 Å². The number of nitrogens with two attached hydrogens (primary N) is 1. The summed E-state index contributed by atoms with van der Waals surface area (Å²) in [6.45, 7) is 4.44. The van der Waals surface area contributed by atoms with Crippen LogP contribution in [-0.4, -0.2) is 30.4 Å². The molecule has 2 N–H and O–H groups in total. The molecule has 1 aliphatic heterocycles. The third-order valence-corrected chi connectivity index (χ3v) is 6.07. The summed E-state index contributed by atoms with van der Waals surface area (Å²) in [5.74, 6) is 0.289. The number of halogens is 1. The standard InChI is InChI=1S/C19H27ClN2O/c1-18(13-21)10-11-22(14-18)17(23)19(8-3-2-4-9-19)15-6-5-7-16(20)12-15/h5-7,12H,2-4,8-11,13-14,21H2,1H3. The Morgan fingerprint density at radius 2 is 2.00 bits per heavy atom. The average molecular weight is 335 g/mol. The van der Waals surface area contributed by atoms with E-state index in [1.807, 2.05) is 18.2 Å². The third kappa shape index (κ3) is 3.14. The molecule has 126 valence electrons. The topological polar surface area (TPSA) is 46.3 Å². The second-order valence-electron chi connectivity index (χ2n) is 7.64. The van der Waals surface area contributed by atoms with Crippen molar-refractivity contribution in [2.75, 3.05) is 19.6 Å². The van der Waals surface area contributed by atoms with Crippen molar-refractivity contribution in [3.63, 3.8) is 0 Å². The SMILES string of the molecule is CC1(CN)CCN(C(=O)C2(c3cccc(Cl)c3)CCCCC2)C1. The third-order valence-electron chi connectivity index (χ3n) is 5.83. The number of carbonyl (C=O) groups excluding carboxylic acids is 1. The number of carbonyl (C=O) groups is 1. The van der Waals surface area contributed by atoms with Gasteiger partial charge in [-0.05, 0) is 48.9 Å². The van der Waals surface area contributed by atoms with Gasteiger partial charge in [0.15, 0.2) is 0 Å². The molecule has 0 spiro atoms. The van der Waals surface area contributed by atoms with Crippen molar-refractivity contribution in [3.8, 4) is 0 Å². The monoisotopic (exact) mass is 334 g/mol. The Morgan fingerprint density at radius 1 is 1.26 bits per heavy atom. The van der Waals surface area contributed by atoms with Crippen LogP contribution in [0.2, 0.25) is 5.02 Å². The maximum atomic E-state index is 13.5. The fraction of sp³-hybridized carbons (Fsp3) is 0.632. The molecule has 1 heterocycles. The molecular formula is C19H27ClN2O. The number of nitrogens with zero attached hydrogens (tertiary/aromatic N) is 1. The summed E-state index contributed by atoms with van der Waals surface area (Å²) in [6.07, 6.45) is 6.31. The molecule has 1 aromatic rings. The molecule has 4 heteroatoms. The minimum Gasteiger partial charge on any atom is -0.341 e. The lowest BCUT2D eigenvalue weighted by atomic mass is 9.68. The van der Waals surface area contributed by atoms with Gasteiger partial charge in [-0.25, -0.2) is 0 Å². The van der Waals surface area contributed by atoms with Crippen LogP contribution in [-0.2, 0) is 10.2 Å². The molecule has 3 nitrogen and oxygen atoms in total. The first-order valence-electron chi connectivity index (χ1n) is 8.75. The number of likely N-dealkylation sites (tertiary alicyclic amines) is 1. The van der Waals surface area contributed by atoms with Crippen molar-refractivity contribution in [2.24, 2.45) is 11.1 Å². The first-order valence-corrected chi connectivity index (χ1v) is 9.12. The van der Waals surface area contributed by atoms with Crippen molar-refractivity contribution in [2.45, 2.75) is 50.9 Å². The maximum Gasteiger partial charge on any atom is 0.233 e. The van der Waals surface area contributed by atoms with E-state index in [-0.39, 0.29) is 16.7 Å². The average Bonchev–Trinajstić information content (AvgIpc) is 2.98. The van der Waals surface area contributed by atoms with Gasteiger partial charge in [0, 0.05) is 18.1 Å². The lowest BCUT2D eigenvalue weighted by molar-refractivity contribution is -0.138. The van der Waals surface area contributed by atoms with Gasteiger partial charge in [-0.15, -0.1) is 0 Å². The summed E-state index contributed by atoms with van der Waals surface area (Å²) < 4.78 is 0. The quantitative estimate of drug-likeness (QED) is 0.915. The highest BCUT2D eigenvalue weighted by Crippen LogP contribution is 2.43. The highest BCUT2D eigenvalue weighted by Gasteiger charge is 2.46. The lowest BCUT2D eigenvalue weighted by Crippen LogP contribution is -2.48. The van der Waals surface area contributed by atoms with E-state index >= 15 is 0 Å². The fourth-order valence-electron chi connectivity index (χ4n) is 4.23. The Morgan fingerprint density at radius 3 is 2.61 bits per heavy atom. The van der Waals surface area contributed by atoms with Crippen LogP contribution < -0.4 is 5.73 Å². The van der Waals surface area contributed by atoms with Crippen LogP contribution in [0, 0.1) is 5.41 Å². The molecule has 1 saturated heterocycles. The van der Waals surface area contributed by atoms with Crippen LogP contribution in [0.25, 0.3) is 0 Å². The van der Waals surface area contributed by atoms with Gasteiger partial charge in [0.25, 0.3) is 0 Å². The van der Waals surface area contributed by atoms with Gasteiger partial charge in [-0.1, -0.05) is 49.9 Å². The van der Waals surface area contributed by atoms with Gasteiger partial charge in [0.1, 0.15) is 0 Å². The van der Waals surface area contributed by atoms with E-state index in [1.165, 1.54) is 6.42 Å². The molecule has 1 amide bonds. The molecule has 1 unspecified atom stereocenters. The van der Waals surface area contributed by atoms with Gasteiger partial charge in [0.2, 0.25) is 5.91 Å². The molecule has 1 aromatic carbocycles. The van der Waals surface area contributed by atoms with Crippen molar-refractivity contribution in [3.05, 3.63) is 34.9 Å². The van der Waals surface area contributed by atoms with E-state index in [2.05, 4.69) is 17.9 Å². The van der Waals surface area contributed by atoms with Crippen LogP contribution in [0.1, 0.15) is 51.0 Å². The van der Waals surface area contributed by atoms with E-state index < -0.39 is 0 Å². The molecule has 0 radical (unpaired) electrons. The van der Waals surface area contributed by atoms with E-state index in [0.717, 1.165) is 50.8 Å². The molecule has 23 heavy (non-hydrogen) atoms.